The van der Waals surface area contributed by atoms with Crippen molar-refractivity contribution in [3.8, 4) is 0 Å². The summed E-state index contributed by atoms with van der Waals surface area (Å²) in [6, 6.07) is 14.2. The van der Waals surface area contributed by atoms with E-state index in [4.69, 9.17) is 4.74 Å². The van der Waals surface area contributed by atoms with Gasteiger partial charge in [-0.15, -0.1) is 0 Å². The van der Waals surface area contributed by atoms with Crippen LogP contribution in [0.25, 0.3) is 6.08 Å². The van der Waals surface area contributed by atoms with Crippen LogP contribution in [0.3, 0.4) is 0 Å². The molecule has 0 aliphatic heterocycles. The Hall–Kier alpha value is -3.41. The van der Waals surface area contributed by atoms with Gasteiger partial charge in [0, 0.05) is 12.6 Å². The van der Waals surface area contributed by atoms with E-state index in [1.165, 1.54) is 19.3 Å². The molecule has 2 aromatic carbocycles. The first-order valence-electron chi connectivity index (χ1n) is 8.34. The van der Waals surface area contributed by atoms with Gasteiger partial charge in [-0.3, -0.25) is 4.79 Å². The van der Waals surface area contributed by atoms with Gasteiger partial charge in [0.25, 0.3) is 5.91 Å². The first-order valence-corrected chi connectivity index (χ1v) is 8.34. The zero-order valence-electron chi connectivity index (χ0n) is 15.2. The maximum Gasteiger partial charge on any atom is 0.337 e. The summed E-state index contributed by atoms with van der Waals surface area (Å²) in [6.45, 7) is 1.99. The van der Waals surface area contributed by atoms with Gasteiger partial charge in [0.2, 0.25) is 0 Å². The molecule has 0 saturated heterocycles. The predicted octanol–water partition coefficient (Wildman–Crippen LogP) is 2.65. The number of amides is 1. The fourth-order valence-corrected chi connectivity index (χ4v) is 2.25. The SMILES string of the molecule is COC(=O)c1ccc(/C=C/C(=O)OCC(=O)NCc2ccccc2C)cc1. The molecule has 0 aromatic heterocycles. The van der Waals surface area contributed by atoms with Crippen molar-refractivity contribution in [2.75, 3.05) is 13.7 Å². The Morgan fingerprint density at radius 3 is 2.41 bits per heavy atom. The van der Waals surface area contributed by atoms with Crippen LogP contribution >= 0.6 is 0 Å². The number of nitrogens with one attached hydrogen (secondary N) is 1. The molecule has 0 unspecified atom stereocenters. The monoisotopic (exact) mass is 367 g/mol. The third-order valence-electron chi connectivity index (χ3n) is 3.83. The molecular formula is C21H21NO5. The summed E-state index contributed by atoms with van der Waals surface area (Å²) in [6.07, 6.45) is 2.76. The molecule has 2 aromatic rings. The number of esters is 2. The van der Waals surface area contributed by atoms with Crippen LogP contribution in [0.1, 0.15) is 27.0 Å². The smallest absolute Gasteiger partial charge is 0.337 e. The molecular weight excluding hydrogens is 346 g/mol. The number of carbonyl (C=O) groups excluding carboxylic acids is 3. The van der Waals surface area contributed by atoms with E-state index >= 15 is 0 Å². The third kappa shape index (κ3) is 6.43. The van der Waals surface area contributed by atoms with Gasteiger partial charge < -0.3 is 14.8 Å². The van der Waals surface area contributed by atoms with E-state index in [0.29, 0.717) is 17.7 Å². The topological polar surface area (TPSA) is 81.7 Å². The lowest BCUT2D eigenvalue weighted by molar-refractivity contribution is -0.143. The van der Waals surface area contributed by atoms with E-state index in [0.717, 1.165) is 11.1 Å². The number of aryl methyl sites for hydroxylation is 1. The number of rotatable bonds is 7. The van der Waals surface area contributed by atoms with Gasteiger partial charge in [-0.2, -0.15) is 0 Å². The number of benzene rings is 2. The van der Waals surface area contributed by atoms with Crippen LogP contribution in [0.5, 0.6) is 0 Å². The van der Waals surface area contributed by atoms with E-state index in [9.17, 15) is 14.4 Å². The van der Waals surface area contributed by atoms with E-state index in [2.05, 4.69) is 10.1 Å². The van der Waals surface area contributed by atoms with Gasteiger partial charge in [-0.05, 0) is 41.8 Å². The summed E-state index contributed by atoms with van der Waals surface area (Å²) in [5, 5.41) is 2.71. The van der Waals surface area contributed by atoms with Crippen molar-refractivity contribution < 1.29 is 23.9 Å². The van der Waals surface area contributed by atoms with Crippen LogP contribution in [-0.4, -0.2) is 31.6 Å². The van der Waals surface area contributed by atoms with Crippen molar-refractivity contribution in [1.29, 1.82) is 0 Å². The average Bonchev–Trinajstić information content (AvgIpc) is 2.69. The molecule has 0 bridgehead atoms. The molecule has 0 heterocycles. The standard InChI is InChI=1S/C21H21NO5/c1-15-5-3-4-6-18(15)13-22-19(23)14-27-20(24)12-9-16-7-10-17(11-8-16)21(25)26-2/h3-12H,13-14H2,1-2H3,(H,22,23)/b12-9+. The fraction of sp³-hybridized carbons (Fsp3) is 0.190. The second-order valence-corrected chi connectivity index (χ2v) is 5.76. The lowest BCUT2D eigenvalue weighted by Gasteiger charge is -2.07. The molecule has 140 valence electrons. The maximum atomic E-state index is 11.8. The minimum atomic E-state index is -0.627. The minimum Gasteiger partial charge on any atom is -0.465 e. The number of hydrogen-bond donors (Lipinski definition) is 1. The van der Waals surface area contributed by atoms with Crippen molar-refractivity contribution in [3.63, 3.8) is 0 Å². The Bertz CT molecular complexity index is 840. The Morgan fingerprint density at radius 1 is 1.04 bits per heavy atom. The highest BCUT2D eigenvalue weighted by atomic mass is 16.5. The van der Waals surface area contributed by atoms with Gasteiger partial charge in [0.05, 0.1) is 12.7 Å². The molecule has 27 heavy (non-hydrogen) atoms. The molecule has 0 radical (unpaired) electrons. The molecule has 0 saturated carbocycles. The lowest BCUT2D eigenvalue weighted by Crippen LogP contribution is -2.28. The quantitative estimate of drug-likeness (QED) is 0.601. The average molecular weight is 367 g/mol. The molecule has 2 rings (SSSR count). The highest BCUT2D eigenvalue weighted by molar-refractivity contribution is 5.91. The van der Waals surface area contributed by atoms with Crippen LogP contribution in [-0.2, 0) is 25.6 Å². The van der Waals surface area contributed by atoms with E-state index < -0.39 is 11.9 Å². The van der Waals surface area contributed by atoms with Crippen LogP contribution in [0, 0.1) is 6.92 Å². The number of carbonyl (C=O) groups is 3. The van der Waals surface area contributed by atoms with Gasteiger partial charge in [-0.25, -0.2) is 9.59 Å². The van der Waals surface area contributed by atoms with Crippen molar-refractivity contribution in [1.82, 2.24) is 5.32 Å². The van der Waals surface area contributed by atoms with Crippen molar-refractivity contribution in [2.45, 2.75) is 13.5 Å². The molecule has 0 aliphatic rings. The van der Waals surface area contributed by atoms with Crippen LogP contribution in [0.15, 0.2) is 54.6 Å². The van der Waals surface area contributed by atoms with Crippen LogP contribution in [0.4, 0.5) is 0 Å². The largest absolute Gasteiger partial charge is 0.465 e. The minimum absolute atomic E-state index is 0.351. The molecule has 0 spiro atoms. The second kappa shape index (κ2) is 9.91. The Morgan fingerprint density at radius 2 is 1.74 bits per heavy atom. The molecule has 0 aliphatic carbocycles. The first-order chi connectivity index (χ1) is 13.0. The highest BCUT2D eigenvalue weighted by Crippen LogP contribution is 2.08. The zero-order chi connectivity index (χ0) is 19.6. The Balaban J connectivity index is 1.76. The molecule has 0 atom stereocenters. The highest BCUT2D eigenvalue weighted by Gasteiger charge is 2.06. The summed E-state index contributed by atoms with van der Waals surface area (Å²) in [5.74, 6) is -1.43. The van der Waals surface area contributed by atoms with Gasteiger partial charge >= 0.3 is 11.9 Å². The summed E-state index contributed by atoms with van der Waals surface area (Å²) >= 11 is 0. The predicted molar refractivity (Wildman–Crippen MR) is 101 cm³/mol. The number of ether oxygens (including phenoxy) is 2. The number of hydrogen-bond acceptors (Lipinski definition) is 5. The van der Waals surface area contributed by atoms with Gasteiger partial charge in [-0.1, -0.05) is 36.4 Å². The Kier molecular flexibility index (Phi) is 7.31. The molecule has 0 fully saturated rings. The zero-order valence-corrected chi connectivity index (χ0v) is 15.2. The van der Waals surface area contributed by atoms with Crippen molar-refractivity contribution in [2.24, 2.45) is 0 Å². The van der Waals surface area contributed by atoms with E-state index in [-0.39, 0.29) is 12.5 Å². The van der Waals surface area contributed by atoms with E-state index in [1.54, 1.807) is 24.3 Å². The summed E-state index contributed by atoms with van der Waals surface area (Å²) in [5.41, 5.74) is 3.22. The van der Waals surface area contributed by atoms with E-state index in [1.807, 2.05) is 31.2 Å². The summed E-state index contributed by atoms with van der Waals surface area (Å²) in [4.78, 5) is 34.8. The lowest BCUT2D eigenvalue weighted by atomic mass is 10.1. The van der Waals surface area contributed by atoms with Crippen molar-refractivity contribution >= 4 is 23.9 Å². The van der Waals surface area contributed by atoms with Gasteiger partial charge in [0.1, 0.15) is 0 Å². The first kappa shape index (κ1) is 19.9. The molecule has 1 N–H and O–H groups in total. The summed E-state index contributed by atoms with van der Waals surface area (Å²) < 4.78 is 9.53. The fourth-order valence-electron chi connectivity index (χ4n) is 2.25. The van der Waals surface area contributed by atoms with Crippen LogP contribution < -0.4 is 5.32 Å². The van der Waals surface area contributed by atoms with Crippen LogP contribution in [0.2, 0.25) is 0 Å². The summed E-state index contributed by atoms with van der Waals surface area (Å²) in [7, 11) is 1.31. The van der Waals surface area contributed by atoms with Crippen molar-refractivity contribution in [3.05, 3.63) is 76.9 Å². The molecule has 6 heteroatoms. The molecule has 1 amide bonds. The third-order valence-corrected chi connectivity index (χ3v) is 3.83. The van der Waals surface area contributed by atoms with Gasteiger partial charge in [0.15, 0.2) is 6.61 Å². The maximum absolute atomic E-state index is 11.8. The number of methoxy groups -OCH3 is 1. The second-order valence-electron chi connectivity index (χ2n) is 5.76. The normalized spacial score (nSPS) is 10.4. The molecule has 6 nitrogen and oxygen atoms in total. The Labute approximate surface area is 157 Å².